The number of pyridine rings is 1. The smallest absolute Gasteiger partial charge is 0.286 e. The number of halogens is 2. The van der Waals surface area contributed by atoms with Gasteiger partial charge in [-0.15, -0.1) is 4.09 Å². The van der Waals surface area contributed by atoms with Crippen molar-refractivity contribution in [3.63, 3.8) is 0 Å². The number of hydrogen-bond donors (Lipinski definition) is 1. The first kappa shape index (κ1) is 21.8. The molecule has 0 spiro atoms. The third kappa shape index (κ3) is 4.06. The van der Waals surface area contributed by atoms with Crippen LogP contribution in [0.3, 0.4) is 0 Å². The minimum absolute atomic E-state index is 0.0245. The molecular formula is C22H23F2N5O3S. The standard InChI is InChI=1S/C22H23F2N5O3S/c23-16-10-15(11-17(24)12-16)20-2-1-8-28(20)22-5-7-26-29(22)33(31,32)19-3-4-21(25-13-19)27-9-6-18(30)14-27/h3-5,7,10-13,18,20,30H,1-2,6,8-9,14H2. The van der Waals surface area contributed by atoms with Crippen molar-refractivity contribution in [2.45, 2.75) is 36.3 Å². The Bertz CT molecular complexity index is 1250. The predicted molar refractivity (Wildman–Crippen MR) is 118 cm³/mol. The predicted octanol–water partition coefficient (Wildman–Crippen LogP) is 2.71. The number of β-amino-alcohol motifs (C(OH)–C–C–N with tert-alkyl or cyclic N) is 1. The molecule has 2 fully saturated rings. The van der Waals surface area contributed by atoms with Gasteiger partial charge in [0.15, 0.2) is 0 Å². The first-order valence-electron chi connectivity index (χ1n) is 10.7. The van der Waals surface area contributed by atoms with Crippen LogP contribution in [-0.2, 0) is 10.0 Å². The number of anilines is 2. The zero-order chi connectivity index (χ0) is 23.2. The monoisotopic (exact) mass is 475 g/mol. The summed E-state index contributed by atoms with van der Waals surface area (Å²) in [6.07, 6.45) is 4.27. The van der Waals surface area contributed by atoms with Gasteiger partial charge in [-0.1, -0.05) is 0 Å². The number of benzene rings is 1. The van der Waals surface area contributed by atoms with E-state index in [4.69, 9.17) is 0 Å². The Morgan fingerprint density at radius 2 is 1.82 bits per heavy atom. The first-order valence-corrected chi connectivity index (χ1v) is 12.2. The van der Waals surface area contributed by atoms with Gasteiger partial charge < -0.3 is 14.9 Å². The molecule has 0 radical (unpaired) electrons. The lowest BCUT2D eigenvalue weighted by molar-refractivity contribution is 0.198. The second-order valence-electron chi connectivity index (χ2n) is 8.33. The summed E-state index contributed by atoms with van der Waals surface area (Å²) >= 11 is 0. The van der Waals surface area contributed by atoms with Crippen LogP contribution in [-0.4, -0.2) is 53.4 Å². The normalized spacial score (nSPS) is 21.2. The van der Waals surface area contributed by atoms with Gasteiger partial charge in [0.05, 0.1) is 18.3 Å². The molecule has 2 saturated heterocycles. The van der Waals surface area contributed by atoms with Gasteiger partial charge in [0.2, 0.25) is 0 Å². The lowest BCUT2D eigenvalue weighted by Gasteiger charge is -2.27. The van der Waals surface area contributed by atoms with Crippen LogP contribution in [0.4, 0.5) is 20.4 Å². The number of aliphatic hydroxyl groups excluding tert-OH is 1. The van der Waals surface area contributed by atoms with Gasteiger partial charge in [-0.3, -0.25) is 0 Å². The van der Waals surface area contributed by atoms with Gasteiger partial charge in [0.25, 0.3) is 10.0 Å². The van der Waals surface area contributed by atoms with Gasteiger partial charge in [-0.05, 0) is 49.1 Å². The van der Waals surface area contributed by atoms with Gasteiger partial charge in [0.1, 0.15) is 28.2 Å². The van der Waals surface area contributed by atoms with Gasteiger partial charge in [-0.2, -0.15) is 13.5 Å². The Morgan fingerprint density at radius 3 is 2.48 bits per heavy atom. The number of aromatic nitrogens is 3. The summed E-state index contributed by atoms with van der Waals surface area (Å²) in [7, 11) is -4.05. The highest BCUT2D eigenvalue weighted by Gasteiger charge is 2.32. The van der Waals surface area contributed by atoms with E-state index < -0.39 is 27.8 Å². The molecular weight excluding hydrogens is 452 g/mol. The molecule has 2 unspecified atom stereocenters. The number of hydrogen-bond acceptors (Lipinski definition) is 7. The van der Waals surface area contributed by atoms with Crippen LogP contribution in [0.5, 0.6) is 0 Å². The van der Waals surface area contributed by atoms with Crippen molar-refractivity contribution in [2.24, 2.45) is 0 Å². The first-order chi connectivity index (χ1) is 15.8. The van der Waals surface area contributed by atoms with E-state index in [-0.39, 0.29) is 10.9 Å². The van der Waals surface area contributed by atoms with E-state index in [0.717, 1.165) is 16.6 Å². The van der Waals surface area contributed by atoms with Crippen molar-refractivity contribution in [3.05, 3.63) is 66.0 Å². The summed E-state index contributed by atoms with van der Waals surface area (Å²) in [4.78, 5) is 7.96. The Hall–Kier alpha value is -3.05. The fourth-order valence-corrected chi connectivity index (χ4v) is 5.81. The van der Waals surface area contributed by atoms with E-state index in [2.05, 4.69) is 10.1 Å². The number of nitrogens with zero attached hydrogens (tertiary/aromatic N) is 5. The summed E-state index contributed by atoms with van der Waals surface area (Å²) in [6.45, 7) is 1.64. The largest absolute Gasteiger partial charge is 0.391 e. The minimum atomic E-state index is -4.05. The highest BCUT2D eigenvalue weighted by atomic mass is 32.2. The molecule has 2 atom stereocenters. The van der Waals surface area contributed by atoms with Crippen LogP contribution >= 0.6 is 0 Å². The molecule has 0 amide bonds. The van der Waals surface area contributed by atoms with Crippen molar-refractivity contribution in [1.29, 1.82) is 0 Å². The Kier molecular flexibility index (Phi) is 5.53. The average Bonchev–Trinajstić information content (AvgIpc) is 3.53. The van der Waals surface area contributed by atoms with Crippen LogP contribution in [0.1, 0.15) is 30.9 Å². The number of rotatable bonds is 5. The summed E-state index contributed by atoms with van der Waals surface area (Å²) in [6, 6.07) is 7.66. The summed E-state index contributed by atoms with van der Waals surface area (Å²) in [5, 5.41) is 13.8. The van der Waals surface area contributed by atoms with E-state index >= 15 is 0 Å². The van der Waals surface area contributed by atoms with Crippen molar-refractivity contribution in [3.8, 4) is 0 Å². The summed E-state index contributed by atoms with van der Waals surface area (Å²) in [5.41, 5.74) is 0.453. The van der Waals surface area contributed by atoms with Crippen LogP contribution in [0.2, 0.25) is 0 Å². The fourth-order valence-electron chi connectivity index (χ4n) is 4.59. The maximum atomic E-state index is 13.8. The second-order valence-corrected chi connectivity index (χ2v) is 10.1. The van der Waals surface area contributed by atoms with Crippen molar-refractivity contribution >= 4 is 21.7 Å². The van der Waals surface area contributed by atoms with Gasteiger partial charge >= 0.3 is 0 Å². The summed E-state index contributed by atoms with van der Waals surface area (Å²) < 4.78 is 55.3. The molecule has 0 saturated carbocycles. The Labute approximate surface area is 190 Å². The fraction of sp³-hybridized carbons (Fsp3) is 0.364. The van der Waals surface area contributed by atoms with E-state index in [0.29, 0.717) is 49.7 Å². The zero-order valence-electron chi connectivity index (χ0n) is 17.7. The van der Waals surface area contributed by atoms with E-state index in [1.165, 1.54) is 30.6 Å². The molecule has 0 bridgehead atoms. The lowest BCUT2D eigenvalue weighted by Crippen LogP contribution is -2.28. The Balaban J connectivity index is 1.45. The van der Waals surface area contributed by atoms with E-state index in [1.807, 2.05) is 9.80 Å². The molecule has 8 nitrogen and oxygen atoms in total. The maximum Gasteiger partial charge on any atom is 0.286 e. The second kappa shape index (κ2) is 8.38. The maximum absolute atomic E-state index is 13.8. The third-order valence-corrected chi connectivity index (χ3v) is 7.72. The van der Waals surface area contributed by atoms with Crippen molar-refractivity contribution in [2.75, 3.05) is 29.4 Å². The van der Waals surface area contributed by atoms with E-state index in [1.54, 1.807) is 12.1 Å². The van der Waals surface area contributed by atoms with Crippen LogP contribution < -0.4 is 9.80 Å². The molecule has 1 N–H and O–H groups in total. The highest BCUT2D eigenvalue weighted by Crippen LogP contribution is 2.37. The highest BCUT2D eigenvalue weighted by molar-refractivity contribution is 7.90. The molecule has 11 heteroatoms. The molecule has 0 aliphatic carbocycles. The quantitative estimate of drug-likeness (QED) is 0.607. The van der Waals surface area contributed by atoms with Gasteiger partial charge in [0, 0.05) is 38.0 Å². The molecule has 174 valence electrons. The zero-order valence-corrected chi connectivity index (χ0v) is 18.5. The number of aliphatic hydroxyl groups is 1. The van der Waals surface area contributed by atoms with Crippen LogP contribution in [0.25, 0.3) is 0 Å². The van der Waals surface area contributed by atoms with Crippen LogP contribution in [0.15, 0.2) is 53.7 Å². The SMILES string of the molecule is O=S(=O)(c1ccc(N2CCC(O)C2)nc1)n1nccc1N1CCCC1c1cc(F)cc(F)c1. The van der Waals surface area contributed by atoms with Crippen molar-refractivity contribution in [1.82, 2.24) is 14.2 Å². The lowest BCUT2D eigenvalue weighted by atomic mass is 10.0. The van der Waals surface area contributed by atoms with Crippen molar-refractivity contribution < 1.29 is 22.3 Å². The van der Waals surface area contributed by atoms with E-state index in [9.17, 15) is 22.3 Å². The average molecular weight is 476 g/mol. The Morgan fingerprint density at radius 1 is 1.03 bits per heavy atom. The minimum Gasteiger partial charge on any atom is -0.391 e. The topological polar surface area (TPSA) is 91.6 Å². The molecule has 2 aromatic heterocycles. The third-order valence-electron chi connectivity index (χ3n) is 6.14. The summed E-state index contributed by atoms with van der Waals surface area (Å²) in [5.74, 6) is -0.419. The van der Waals surface area contributed by atoms with Crippen LogP contribution in [0, 0.1) is 11.6 Å². The molecule has 33 heavy (non-hydrogen) atoms. The molecule has 2 aliphatic rings. The van der Waals surface area contributed by atoms with Gasteiger partial charge in [-0.25, -0.2) is 13.8 Å². The molecule has 5 rings (SSSR count). The molecule has 3 aromatic rings. The molecule has 2 aliphatic heterocycles. The molecule has 4 heterocycles. The molecule has 1 aromatic carbocycles.